The summed E-state index contributed by atoms with van der Waals surface area (Å²) in [5.41, 5.74) is 1.43. The molecular formula is C12H14N4O. The highest BCUT2D eigenvalue weighted by Gasteiger charge is 2.23. The van der Waals surface area contributed by atoms with Gasteiger partial charge in [-0.2, -0.15) is 0 Å². The van der Waals surface area contributed by atoms with Gasteiger partial charge in [0.15, 0.2) is 5.65 Å². The number of aromatic nitrogens is 3. The van der Waals surface area contributed by atoms with Crippen molar-refractivity contribution >= 4 is 17.2 Å². The second-order valence-electron chi connectivity index (χ2n) is 4.45. The Kier molecular flexibility index (Phi) is 2.51. The predicted octanol–water partition coefficient (Wildman–Crippen LogP) is 1.86. The fourth-order valence-electron chi connectivity index (χ4n) is 2.37. The van der Waals surface area contributed by atoms with Crippen LogP contribution in [0.4, 0.5) is 5.69 Å². The van der Waals surface area contributed by atoms with Crippen molar-refractivity contribution in [2.24, 2.45) is 5.92 Å². The molecule has 0 atom stereocenters. The van der Waals surface area contributed by atoms with Crippen molar-refractivity contribution in [3.05, 3.63) is 24.7 Å². The fraction of sp³-hybridized carbons (Fsp3) is 0.417. The number of nitrogens with zero attached hydrogens (tertiary/aromatic N) is 3. The molecule has 17 heavy (non-hydrogen) atoms. The van der Waals surface area contributed by atoms with Crippen molar-refractivity contribution in [3.63, 3.8) is 0 Å². The number of nitrogens with one attached hydrogen (secondary N) is 1. The molecule has 0 aromatic carbocycles. The number of carbonyl (C=O) groups excluding carboxylic acids is 1. The summed E-state index contributed by atoms with van der Waals surface area (Å²) >= 11 is 0. The lowest BCUT2D eigenvalue weighted by atomic mass is 10.1. The third-order valence-corrected chi connectivity index (χ3v) is 3.31. The number of hydrogen-bond donors (Lipinski definition) is 1. The monoisotopic (exact) mass is 230 g/mol. The molecule has 0 saturated heterocycles. The Morgan fingerprint density at radius 2 is 2.24 bits per heavy atom. The molecule has 88 valence electrons. The number of amides is 1. The Morgan fingerprint density at radius 1 is 1.41 bits per heavy atom. The highest BCUT2D eigenvalue weighted by atomic mass is 16.1. The molecule has 3 rings (SSSR count). The van der Waals surface area contributed by atoms with Crippen LogP contribution in [0, 0.1) is 5.92 Å². The summed E-state index contributed by atoms with van der Waals surface area (Å²) < 4.78 is 1.80. The van der Waals surface area contributed by atoms with Gasteiger partial charge < -0.3 is 5.32 Å². The van der Waals surface area contributed by atoms with E-state index in [4.69, 9.17) is 0 Å². The maximum Gasteiger partial charge on any atom is 0.227 e. The second-order valence-corrected chi connectivity index (χ2v) is 4.45. The normalized spacial score (nSPS) is 16.5. The van der Waals surface area contributed by atoms with Crippen molar-refractivity contribution in [1.29, 1.82) is 0 Å². The van der Waals surface area contributed by atoms with Crippen LogP contribution in [0.1, 0.15) is 25.7 Å². The first kappa shape index (κ1) is 10.3. The summed E-state index contributed by atoms with van der Waals surface area (Å²) in [6.45, 7) is 0. The lowest BCUT2D eigenvalue weighted by Gasteiger charge is -2.10. The van der Waals surface area contributed by atoms with Crippen molar-refractivity contribution in [3.8, 4) is 0 Å². The second kappa shape index (κ2) is 4.16. The summed E-state index contributed by atoms with van der Waals surface area (Å²) in [5, 5.41) is 10.8. The first-order valence-electron chi connectivity index (χ1n) is 5.94. The van der Waals surface area contributed by atoms with E-state index < -0.39 is 0 Å². The highest BCUT2D eigenvalue weighted by Crippen LogP contribution is 2.26. The first-order valence-corrected chi connectivity index (χ1v) is 5.94. The molecule has 2 aromatic heterocycles. The zero-order valence-corrected chi connectivity index (χ0v) is 9.47. The largest absolute Gasteiger partial charge is 0.323 e. The smallest absolute Gasteiger partial charge is 0.227 e. The zero-order chi connectivity index (χ0) is 11.7. The summed E-state index contributed by atoms with van der Waals surface area (Å²) in [6, 6.07) is 3.73. The molecule has 1 aliphatic carbocycles. The van der Waals surface area contributed by atoms with Gasteiger partial charge >= 0.3 is 0 Å². The predicted molar refractivity (Wildman–Crippen MR) is 63.6 cm³/mol. The van der Waals surface area contributed by atoms with E-state index in [2.05, 4.69) is 15.5 Å². The summed E-state index contributed by atoms with van der Waals surface area (Å²) in [6.07, 6.45) is 7.81. The molecule has 0 spiro atoms. The first-order chi connectivity index (χ1) is 8.34. The van der Waals surface area contributed by atoms with Crippen molar-refractivity contribution in [2.75, 3.05) is 5.32 Å². The Morgan fingerprint density at radius 3 is 3.06 bits per heavy atom. The fourth-order valence-corrected chi connectivity index (χ4v) is 2.37. The third kappa shape index (κ3) is 1.88. The third-order valence-electron chi connectivity index (χ3n) is 3.31. The number of pyridine rings is 1. The van der Waals surface area contributed by atoms with E-state index in [1.54, 1.807) is 10.7 Å². The van der Waals surface area contributed by atoms with Gasteiger partial charge in [0.25, 0.3) is 0 Å². The molecule has 1 saturated carbocycles. The molecule has 1 N–H and O–H groups in total. The van der Waals surface area contributed by atoms with Crippen LogP contribution in [0.3, 0.4) is 0 Å². The number of rotatable bonds is 2. The van der Waals surface area contributed by atoms with Crippen LogP contribution in [-0.2, 0) is 4.79 Å². The van der Waals surface area contributed by atoms with E-state index in [9.17, 15) is 4.79 Å². The topological polar surface area (TPSA) is 59.3 Å². The standard InChI is InChI=1S/C12H14N4O/c17-12(9-4-1-2-5-9)14-10-6-3-7-16-8-13-15-11(10)16/h3,6-9H,1-2,4-5H2,(H,14,17). The van der Waals surface area contributed by atoms with Crippen LogP contribution < -0.4 is 5.32 Å². The van der Waals surface area contributed by atoms with Crippen LogP contribution in [0.2, 0.25) is 0 Å². The molecule has 0 unspecified atom stereocenters. The minimum atomic E-state index is 0.110. The molecule has 2 heterocycles. The van der Waals surface area contributed by atoms with E-state index in [1.807, 2.05) is 18.3 Å². The quantitative estimate of drug-likeness (QED) is 0.856. The molecular weight excluding hydrogens is 216 g/mol. The van der Waals surface area contributed by atoms with E-state index in [0.29, 0.717) is 5.65 Å². The van der Waals surface area contributed by atoms with E-state index in [-0.39, 0.29) is 11.8 Å². The average molecular weight is 230 g/mol. The van der Waals surface area contributed by atoms with Crippen LogP contribution in [-0.4, -0.2) is 20.5 Å². The van der Waals surface area contributed by atoms with Crippen molar-refractivity contribution < 1.29 is 4.79 Å². The molecule has 5 nitrogen and oxygen atoms in total. The molecule has 0 bridgehead atoms. The molecule has 0 aliphatic heterocycles. The van der Waals surface area contributed by atoms with Gasteiger partial charge in [0.1, 0.15) is 6.33 Å². The van der Waals surface area contributed by atoms with Crippen LogP contribution in [0.25, 0.3) is 5.65 Å². The van der Waals surface area contributed by atoms with Crippen LogP contribution >= 0.6 is 0 Å². The maximum absolute atomic E-state index is 12.0. The lowest BCUT2D eigenvalue weighted by molar-refractivity contribution is -0.119. The van der Waals surface area contributed by atoms with Gasteiger partial charge in [-0.15, -0.1) is 10.2 Å². The van der Waals surface area contributed by atoms with Crippen molar-refractivity contribution in [2.45, 2.75) is 25.7 Å². The van der Waals surface area contributed by atoms with Crippen molar-refractivity contribution in [1.82, 2.24) is 14.6 Å². The molecule has 0 radical (unpaired) electrons. The maximum atomic E-state index is 12.0. The Labute approximate surface area is 98.9 Å². The molecule has 2 aromatic rings. The Hall–Kier alpha value is -1.91. The zero-order valence-electron chi connectivity index (χ0n) is 9.47. The average Bonchev–Trinajstić information content (AvgIpc) is 3.00. The van der Waals surface area contributed by atoms with Gasteiger partial charge in [0.2, 0.25) is 5.91 Å². The molecule has 1 amide bonds. The van der Waals surface area contributed by atoms with Gasteiger partial charge in [-0.25, -0.2) is 0 Å². The van der Waals surface area contributed by atoms with Crippen LogP contribution in [0.5, 0.6) is 0 Å². The number of carbonyl (C=O) groups is 1. The number of fused-ring (bicyclic) bond motifs is 1. The molecule has 1 fully saturated rings. The summed E-state index contributed by atoms with van der Waals surface area (Å²) in [5.74, 6) is 0.275. The number of anilines is 1. The molecule has 1 aliphatic rings. The van der Waals surface area contributed by atoms with Gasteiger partial charge in [-0.05, 0) is 25.0 Å². The van der Waals surface area contributed by atoms with E-state index in [1.165, 1.54) is 0 Å². The lowest BCUT2D eigenvalue weighted by Crippen LogP contribution is -2.20. The summed E-state index contributed by atoms with van der Waals surface area (Å²) in [4.78, 5) is 12.0. The van der Waals surface area contributed by atoms with Crippen LogP contribution in [0.15, 0.2) is 24.7 Å². The minimum Gasteiger partial charge on any atom is -0.323 e. The number of hydrogen-bond acceptors (Lipinski definition) is 3. The minimum absolute atomic E-state index is 0.110. The van der Waals surface area contributed by atoms with Gasteiger partial charge in [-0.3, -0.25) is 9.20 Å². The van der Waals surface area contributed by atoms with E-state index >= 15 is 0 Å². The van der Waals surface area contributed by atoms with Gasteiger partial charge in [0, 0.05) is 12.1 Å². The van der Waals surface area contributed by atoms with Gasteiger partial charge in [-0.1, -0.05) is 12.8 Å². The van der Waals surface area contributed by atoms with E-state index in [0.717, 1.165) is 31.4 Å². The SMILES string of the molecule is O=C(Nc1cccn2cnnc12)C1CCCC1. The highest BCUT2D eigenvalue weighted by molar-refractivity contribution is 5.95. The molecule has 5 heteroatoms. The summed E-state index contributed by atoms with van der Waals surface area (Å²) in [7, 11) is 0. The van der Waals surface area contributed by atoms with Gasteiger partial charge in [0.05, 0.1) is 5.69 Å². The Bertz CT molecular complexity index is 542. The Balaban J connectivity index is 1.84.